The maximum atomic E-state index is 12.5. The Morgan fingerprint density at radius 3 is 2.57 bits per heavy atom. The molecule has 1 N–H and O–H groups in total. The summed E-state index contributed by atoms with van der Waals surface area (Å²) in [5.74, 6) is 0.0323. The third-order valence-electron chi connectivity index (χ3n) is 4.00. The lowest BCUT2D eigenvalue weighted by molar-refractivity contribution is 0.0993. The molecule has 4 rings (SSSR count). The molecule has 0 bridgehead atoms. The Hall–Kier alpha value is -3.14. The fourth-order valence-electron chi connectivity index (χ4n) is 2.85. The second-order valence-corrected chi connectivity index (χ2v) is 5.54. The Balaban J connectivity index is 1.81. The van der Waals surface area contributed by atoms with Crippen molar-refractivity contribution in [2.75, 3.05) is 0 Å². The van der Waals surface area contributed by atoms with Crippen LogP contribution >= 0.6 is 0 Å². The smallest absolute Gasteiger partial charge is 0.258 e. The van der Waals surface area contributed by atoms with E-state index in [0.717, 1.165) is 11.1 Å². The highest BCUT2D eigenvalue weighted by Crippen LogP contribution is 2.16. The lowest BCUT2D eigenvalue weighted by Gasteiger charge is -2.01. The van der Waals surface area contributed by atoms with Crippen LogP contribution in [0.5, 0.6) is 0 Å². The molecule has 2 heterocycles. The molecule has 0 saturated carbocycles. The van der Waals surface area contributed by atoms with Gasteiger partial charge in [0.15, 0.2) is 5.78 Å². The predicted octanol–water partition coefficient (Wildman–Crippen LogP) is 3.21. The lowest BCUT2D eigenvalue weighted by atomic mass is 10.1. The molecule has 0 saturated heterocycles. The number of Topliss-reactive ketones (excluding diaryl/α,β-unsaturated/α-hetero) is 1. The summed E-state index contributed by atoms with van der Waals surface area (Å²) in [5.41, 5.74) is 2.86. The molecule has 2 aromatic carbocycles. The standard InChI is InChI=1S/C19H14N2O2/c22-17(10-13-6-2-1-3-7-13)14-11-18-20-19(23)15-8-4-5-9-16(15)21(18)12-14/h1-9,11-12H,10H2,(H,20,23). The normalized spacial score (nSPS) is 11.1. The summed E-state index contributed by atoms with van der Waals surface area (Å²) in [7, 11) is 0. The summed E-state index contributed by atoms with van der Waals surface area (Å²) in [6.45, 7) is 0. The predicted molar refractivity (Wildman–Crippen MR) is 90.0 cm³/mol. The van der Waals surface area contributed by atoms with E-state index in [2.05, 4.69) is 4.98 Å². The SMILES string of the molecule is O=C(Cc1ccccc1)c1cc2[nH]c(=O)c3ccccc3n2c1. The van der Waals surface area contributed by atoms with Gasteiger partial charge in [0, 0.05) is 18.2 Å². The molecule has 0 radical (unpaired) electrons. The molecule has 0 spiro atoms. The maximum Gasteiger partial charge on any atom is 0.258 e. The Morgan fingerprint density at radius 2 is 1.74 bits per heavy atom. The molecule has 112 valence electrons. The van der Waals surface area contributed by atoms with Crippen LogP contribution in [-0.2, 0) is 6.42 Å². The van der Waals surface area contributed by atoms with Crippen LogP contribution in [0.1, 0.15) is 15.9 Å². The lowest BCUT2D eigenvalue weighted by Crippen LogP contribution is -2.08. The molecule has 4 heteroatoms. The number of ketones is 1. The van der Waals surface area contributed by atoms with E-state index in [1.165, 1.54) is 0 Å². The number of benzene rings is 2. The van der Waals surface area contributed by atoms with Crippen molar-refractivity contribution in [2.24, 2.45) is 0 Å². The second-order valence-electron chi connectivity index (χ2n) is 5.54. The van der Waals surface area contributed by atoms with E-state index in [1.54, 1.807) is 18.3 Å². The average molecular weight is 302 g/mol. The zero-order valence-electron chi connectivity index (χ0n) is 12.3. The van der Waals surface area contributed by atoms with Crippen LogP contribution in [0.2, 0.25) is 0 Å². The van der Waals surface area contributed by atoms with Gasteiger partial charge in [-0.15, -0.1) is 0 Å². The molecular formula is C19H14N2O2. The van der Waals surface area contributed by atoms with Crippen molar-refractivity contribution < 1.29 is 4.79 Å². The van der Waals surface area contributed by atoms with Gasteiger partial charge in [-0.25, -0.2) is 0 Å². The number of hydrogen-bond acceptors (Lipinski definition) is 2. The van der Waals surface area contributed by atoms with Gasteiger partial charge in [-0.05, 0) is 23.8 Å². The van der Waals surface area contributed by atoms with Crippen LogP contribution < -0.4 is 5.56 Å². The van der Waals surface area contributed by atoms with Gasteiger partial charge < -0.3 is 9.38 Å². The number of rotatable bonds is 3. The van der Waals surface area contributed by atoms with Crippen LogP contribution in [-0.4, -0.2) is 15.2 Å². The van der Waals surface area contributed by atoms with Gasteiger partial charge in [0.05, 0.1) is 10.9 Å². The van der Waals surface area contributed by atoms with Crippen LogP contribution in [0, 0.1) is 0 Å². The quantitative estimate of drug-likeness (QED) is 0.591. The number of para-hydroxylation sites is 1. The Morgan fingerprint density at radius 1 is 1.00 bits per heavy atom. The van der Waals surface area contributed by atoms with Crippen molar-refractivity contribution >= 4 is 22.3 Å². The van der Waals surface area contributed by atoms with Gasteiger partial charge in [0.2, 0.25) is 0 Å². The first-order valence-corrected chi connectivity index (χ1v) is 7.42. The van der Waals surface area contributed by atoms with E-state index in [4.69, 9.17) is 0 Å². The van der Waals surface area contributed by atoms with Gasteiger partial charge in [0.1, 0.15) is 5.65 Å². The zero-order chi connectivity index (χ0) is 15.8. The summed E-state index contributed by atoms with van der Waals surface area (Å²) >= 11 is 0. The molecule has 0 fully saturated rings. The molecule has 0 aliphatic rings. The van der Waals surface area contributed by atoms with E-state index < -0.39 is 0 Å². The first-order valence-electron chi connectivity index (χ1n) is 7.42. The molecule has 23 heavy (non-hydrogen) atoms. The molecule has 0 unspecified atom stereocenters. The number of aromatic nitrogens is 2. The Bertz CT molecular complexity index is 1070. The highest BCUT2D eigenvalue weighted by molar-refractivity contribution is 5.99. The summed E-state index contributed by atoms with van der Waals surface area (Å²) in [4.78, 5) is 27.4. The van der Waals surface area contributed by atoms with E-state index in [9.17, 15) is 9.59 Å². The van der Waals surface area contributed by atoms with Gasteiger partial charge >= 0.3 is 0 Å². The summed E-state index contributed by atoms with van der Waals surface area (Å²) in [6, 6.07) is 18.7. The fourth-order valence-corrected chi connectivity index (χ4v) is 2.85. The Labute approximate surface area is 132 Å². The number of H-pyrrole nitrogens is 1. The number of carbonyl (C=O) groups excluding carboxylic acids is 1. The van der Waals surface area contributed by atoms with Gasteiger partial charge in [-0.3, -0.25) is 9.59 Å². The molecule has 0 amide bonds. The van der Waals surface area contributed by atoms with E-state index >= 15 is 0 Å². The van der Waals surface area contributed by atoms with Crippen molar-refractivity contribution in [3.63, 3.8) is 0 Å². The number of carbonyl (C=O) groups is 1. The summed E-state index contributed by atoms with van der Waals surface area (Å²) in [5, 5.41) is 0.609. The van der Waals surface area contributed by atoms with Crippen molar-refractivity contribution in [1.82, 2.24) is 9.38 Å². The van der Waals surface area contributed by atoms with E-state index in [-0.39, 0.29) is 11.3 Å². The number of nitrogens with zero attached hydrogens (tertiary/aromatic N) is 1. The number of hydrogen-bond donors (Lipinski definition) is 1. The molecular weight excluding hydrogens is 288 g/mol. The molecule has 4 aromatic rings. The molecule has 2 aromatic heterocycles. The minimum atomic E-state index is -0.145. The molecule has 0 aliphatic heterocycles. The number of fused-ring (bicyclic) bond motifs is 3. The van der Waals surface area contributed by atoms with Crippen LogP contribution in [0.15, 0.2) is 71.7 Å². The first-order chi connectivity index (χ1) is 11.2. The van der Waals surface area contributed by atoms with Crippen molar-refractivity contribution in [3.8, 4) is 0 Å². The van der Waals surface area contributed by atoms with Gasteiger partial charge in [0.25, 0.3) is 5.56 Å². The van der Waals surface area contributed by atoms with Crippen molar-refractivity contribution in [2.45, 2.75) is 6.42 Å². The second kappa shape index (κ2) is 5.25. The highest BCUT2D eigenvalue weighted by atomic mass is 16.1. The van der Waals surface area contributed by atoms with E-state index in [0.29, 0.717) is 23.0 Å². The largest absolute Gasteiger partial charge is 0.308 e. The van der Waals surface area contributed by atoms with Crippen LogP contribution in [0.25, 0.3) is 16.6 Å². The molecule has 4 nitrogen and oxygen atoms in total. The third-order valence-corrected chi connectivity index (χ3v) is 4.00. The summed E-state index contributed by atoms with van der Waals surface area (Å²) in [6.07, 6.45) is 2.14. The topological polar surface area (TPSA) is 54.3 Å². The highest BCUT2D eigenvalue weighted by Gasteiger charge is 2.12. The van der Waals surface area contributed by atoms with Crippen molar-refractivity contribution in [3.05, 3.63) is 88.3 Å². The average Bonchev–Trinajstić information content (AvgIpc) is 3.00. The minimum Gasteiger partial charge on any atom is -0.308 e. The van der Waals surface area contributed by atoms with Crippen LogP contribution in [0.4, 0.5) is 0 Å². The minimum absolute atomic E-state index is 0.0323. The van der Waals surface area contributed by atoms with E-state index in [1.807, 2.05) is 52.9 Å². The fraction of sp³-hybridized carbons (Fsp3) is 0.0526. The van der Waals surface area contributed by atoms with Gasteiger partial charge in [-0.2, -0.15) is 0 Å². The van der Waals surface area contributed by atoms with Crippen molar-refractivity contribution in [1.29, 1.82) is 0 Å². The maximum absolute atomic E-state index is 12.5. The Kier molecular flexibility index (Phi) is 3.08. The van der Waals surface area contributed by atoms with Crippen LogP contribution in [0.3, 0.4) is 0 Å². The van der Waals surface area contributed by atoms with Gasteiger partial charge in [-0.1, -0.05) is 42.5 Å². The summed E-state index contributed by atoms with van der Waals surface area (Å²) < 4.78 is 1.86. The molecule has 0 aliphatic carbocycles. The first kappa shape index (κ1) is 13.5. The zero-order valence-corrected chi connectivity index (χ0v) is 12.3. The third kappa shape index (κ3) is 2.34. The number of aromatic amines is 1. The molecule has 0 atom stereocenters. The monoisotopic (exact) mass is 302 g/mol. The number of nitrogens with one attached hydrogen (secondary N) is 1.